The van der Waals surface area contributed by atoms with Crippen molar-refractivity contribution in [3.63, 3.8) is 0 Å². The van der Waals surface area contributed by atoms with Gasteiger partial charge in [-0.2, -0.15) is 0 Å². The SMILES string of the molecule is CC(C)(O)C(C)(C)O.OB(O)O.c1ccccc1. The van der Waals surface area contributed by atoms with E-state index in [1.165, 1.54) is 0 Å². The highest BCUT2D eigenvalue weighted by Crippen LogP contribution is 2.19. The van der Waals surface area contributed by atoms with Crippen LogP contribution in [0.2, 0.25) is 0 Å². The average Bonchev–Trinajstić information content (AvgIpc) is 2.17. The molecule has 0 radical (unpaired) electrons. The first-order valence-electron chi connectivity index (χ1n) is 5.47. The van der Waals surface area contributed by atoms with Crippen LogP contribution >= 0.6 is 0 Å². The number of hydrogen-bond donors (Lipinski definition) is 5. The van der Waals surface area contributed by atoms with Gasteiger partial charge in [0, 0.05) is 0 Å². The Bertz CT molecular complexity index is 235. The Morgan fingerprint density at radius 3 is 0.778 bits per heavy atom. The highest BCUT2D eigenvalue weighted by atomic mass is 16.5. The standard InChI is InChI=1S/C6H14O2.C6H6.BH3O3/c1-5(2,7)6(3,4)8;1-2-4-6-5-3-1;2-1(3)4/h7-8H,1-4H3;1-6H;2-4H. The zero-order valence-corrected chi connectivity index (χ0v) is 11.3. The topological polar surface area (TPSA) is 101 Å². The molecule has 0 atom stereocenters. The van der Waals surface area contributed by atoms with Crippen LogP contribution in [0.4, 0.5) is 0 Å². The maximum Gasteiger partial charge on any atom is 0.631 e. The van der Waals surface area contributed by atoms with E-state index in [4.69, 9.17) is 25.3 Å². The maximum absolute atomic E-state index is 9.10. The van der Waals surface area contributed by atoms with Crippen molar-refractivity contribution in [2.24, 2.45) is 0 Å². The Morgan fingerprint density at radius 1 is 0.611 bits per heavy atom. The third-order valence-electron chi connectivity index (χ3n) is 2.16. The normalized spacial score (nSPS) is 10.5. The molecular weight excluding hydrogens is 235 g/mol. The fraction of sp³-hybridized carbons (Fsp3) is 0.500. The molecule has 104 valence electrons. The lowest BCUT2D eigenvalue weighted by Crippen LogP contribution is -2.44. The van der Waals surface area contributed by atoms with Crippen LogP contribution in [0.3, 0.4) is 0 Å². The predicted molar refractivity (Wildman–Crippen MR) is 71.4 cm³/mol. The summed E-state index contributed by atoms with van der Waals surface area (Å²) in [7, 11) is -2.17. The Balaban J connectivity index is 0. The van der Waals surface area contributed by atoms with E-state index in [1.807, 2.05) is 36.4 Å². The number of aliphatic hydroxyl groups is 2. The summed E-state index contributed by atoms with van der Waals surface area (Å²) in [4.78, 5) is 0. The summed E-state index contributed by atoms with van der Waals surface area (Å²) in [6.07, 6.45) is 0. The second-order valence-corrected chi connectivity index (χ2v) is 4.62. The van der Waals surface area contributed by atoms with Gasteiger partial charge in [0.1, 0.15) is 0 Å². The first-order valence-corrected chi connectivity index (χ1v) is 5.47. The Hall–Kier alpha value is -0.915. The maximum atomic E-state index is 9.10. The van der Waals surface area contributed by atoms with Gasteiger partial charge in [-0.15, -0.1) is 0 Å². The molecule has 1 aromatic carbocycles. The van der Waals surface area contributed by atoms with Crippen LogP contribution in [0.15, 0.2) is 36.4 Å². The van der Waals surface area contributed by atoms with E-state index in [9.17, 15) is 0 Å². The van der Waals surface area contributed by atoms with Crippen molar-refractivity contribution in [1.82, 2.24) is 0 Å². The average molecular weight is 258 g/mol. The minimum atomic E-state index is -2.17. The van der Waals surface area contributed by atoms with Gasteiger partial charge >= 0.3 is 7.32 Å². The molecule has 0 saturated carbocycles. The van der Waals surface area contributed by atoms with Crippen LogP contribution in [-0.4, -0.2) is 43.8 Å². The number of benzene rings is 1. The van der Waals surface area contributed by atoms with E-state index in [0.717, 1.165) is 0 Å². The molecule has 5 nitrogen and oxygen atoms in total. The first kappa shape index (κ1) is 19.4. The van der Waals surface area contributed by atoms with Crippen molar-refractivity contribution < 1.29 is 25.3 Å². The van der Waals surface area contributed by atoms with Gasteiger partial charge in [-0.1, -0.05) is 36.4 Å². The Labute approximate surface area is 109 Å². The van der Waals surface area contributed by atoms with E-state index in [2.05, 4.69) is 0 Å². The molecule has 0 unspecified atom stereocenters. The molecule has 0 amide bonds. The molecule has 0 spiro atoms. The third-order valence-corrected chi connectivity index (χ3v) is 2.16. The van der Waals surface area contributed by atoms with E-state index in [0.29, 0.717) is 0 Å². The van der Waals surface area contributed by atoms with Gasteiger partial charge in [0.25, 0.3) is 0 Å². The lowest BCUT2D eigenvalue weighted by Gasteiger charge is -2.31. The van der Waals surface area contributed by atoms with Gasteiger partial charge in [-0.05, 0) is 27.7 Å². The lowest BCUT2D eigenvalue weighted by molar-refractivity contribution is -0.107. The van der Waals surface area contributed by atoms with E-state index < -0.39 is 18.5 Å². The van der Waals surface area contributed by atoms with Crippen molar-refractivity contribution in [3.05, 3.63) is 36.4 Å². The van der Waals surface area contributed by atoms with Crippen LogP contribution in [0.1, 0.15) is 27.7 Å². The molecule has 18 heavy (non-hydrogen) atoms. The van der Waals surface area contributed by atoms with Gasteiger partial charge in [0.15, 0.2) is 0 Å². The molecule has 0 fully saturated rings. The van der Waals surface area contributed by atoms with Gasteiger partial charge < -0.3 is 25.3 Å². The minimum Gasteiger partial charge on any atom is -0.402 e. The predicted octanol–water partition coefficient (Wildman–Crippen LogP) is 0.163. The Kier molecular flexibility index (Phi) is 9.79. The molecule has 0 heterocycles. The second kappa shape index (κ2) is 9.07. The molecule has 0 aliphatic heterocycles. The second-order valence-electron chi connectivity index (χ2n) is 4.62. The third kappa shape index (κ3) is 15.1. The van der Waals surface area contributed by atoms with Crippen LogP contribution in [0.25, 0.3) is 0 Å². The van der Waals surface area contributed by atoms with Crippen LogP contribution in [0.5, 0.6) is 0 Å². The largest absolute Gasteiger partial charge is 0.631 e. The van der Waals surface area contributed by atoms with Crippen molar-refractivity contribution in [2.75, 3.05) is 0 Å². The van der Waals surface area contributed by atoms with E-state index in [1.54, 1.807) is 27.7 Å². The molecule has 0 aromatic heterocycles. The molecule has 0 aliphatic carbocycles. The van der Waals surface area contributed by atoms with E-state index >= 15 is 0 Å². The molecule has 6 heteroatoms. The summed E-state index contributed by atoms with van der Waals surface area (Å²) >= 11 is 0. The number of rotatable bonds is 1. The summed E-state index contributed by atoms with van der Waals surface area (Å²) in [5.41, 5.74) is -2.01. The van der Waals surface area contributed by atoms with Gasteiger partial charge in [0.05, 0.1) is 11.2 Å². The summed E-state index contributed by atoms with van der Waals surface area (Å²) in [5, 5.41) is 39.7. The summed E-state index contributed by atoms with van der Waals surface area (Å²) in [6, 6.07) is 12.0. The fourth-order valence-electron chi connectivity index (χ4n) is 0.385. The van der Waals surface area contributed by atoms with Gasteiger partial charge in [0.2, 0.25) is 0 Å². The fourth-order valence-corrected chi connectivity index (χ4v) is 0.385. The zero-order valence-electron chi connectivity index (χ0n) is 11.3. The van der Waals surface area contributed by atoms with Crippen LogP contribution in [-0.2, 0) is 0 Å². The highest BCUT2D eigenvalue weighted by molar-refractivity contribution is 6.30. The molecule has 0 bridgehead atoms. The van der Waals surface area contributed by atoms with Crippen molar-refractivity contribution in [2.45, 2.75) is 38.9 Å². The first-order chi connectivity index (χ1) is 7.98. The zero-order chi connectivity index (χ0) is 14.8. The van der Waals surface area contributed by atoms with E-state index in [-0.39, 0.29) is 0 Å². The number of hydrogen-bond acceptors (Lipinski definition) is 5. The minimum absolute atomic E-state index is 1.01. The molecular formula is C12H23BO5. The summed E-state index contributed by atoms with van der Waals surface area (Å²) < 4.78 is 0. The van der Waals surface area contributed by atoms with Crippen molar-refractivity contribution in [3.8, 4) is 0 Å². The van der Waals surface area contributed by atoms with Crippen LogP contribution < -0.4 is 0 Å². The molecule has 0 saturated heterocycles. The highest BCUT2D eigenvalue weighted by Gasteiger charge is 2.31. The quantitative estimate of drug-likeness (QED) is 0.462. The molecule has 1 aromatic rings. The lowest BCUT2D eigenvalue weighted by atomic mass is 9.90. The van der Waals surface area contributed by atoms with Crippen molar-refractivity contribution in [1.29, 1.82) is 0 Å². The molecule has 1 rings (SSSR count). The summed E-state index contributed by atoms with van der Waals surface area (Å²) in [5.74, 6) is 0. The smallest absolute Gasteiger partial charge is 0.402 e. The molecule has 5 N–H and O–H groups in total. The van der Waals surface area contributed by atoms with Crippen molar-refractivity contribution >= 4 is 7.32 Å². The monoisotopic (exact) mass is 258 g/mol. The van der Waals surface area contributed by atoms with Gasteiger partial charge in [-0.3, -0.25) is 0 Å². The van der Waals surface area contributed by atoms with Gasteiger partial charge in [-0.25, -0.2) is 0 Å². The Morgan fingerprint density at radius 2 is 0.722 bits per heavy atom. The van der Waals surface area contributed by atoms with Crippen LogP contribution in [0, 0.1) is 0 Å². The summed E-state index contributed by atoms with van der Waals surface area (Å²) in [6.45, 7) is 6.31. The molecule has 0 aliphatic rings.